The Labute approximate surface area is 186 Å². The van der Waals surface area contributed by atoms with Crippen molar-refractivity contribution in [3.8, 4) is 10.4 Å². The molecule has 2 atom stereocenters. The first-order valence-corrected chi connectivity index (χ1v) is 12.5. The lowest BCUT2D eigenvalue weighted by atomic mass is 9.99. The molecule has 0 aliphatic carbocycles. The van der Waals surface area contributed by atoms with Gasteiger partial charge in [-0.15, -0.1) is 11.3 Å². The van der Waals surface area contributed by atoms with Crippen molar-refractivity contribution in [2.75, 3.05) is 6.54 Å². The molecule has 0 radical (unpaired) electrons. The number of benzene rings is 2. The lowest BCUT2D eigenvalue weighted by Crippen LogP contribution is -2.35. The molecule has 160 valence electrons. The van der Waals surface area contributed by atoms with Crippen LogP contribution in [0.15, 0.2) is 69.8 Å². The van der Waals surface area contributed by atoms with Gasteiger partial charge in [-0.1, -0.05) is 36.4 Å². The Hall–Kier alpha value is -1.68. The van der Waals surface area contributed by atoms with Gasteiger partial charge in [0.2, 0.25) is 0 Å². The normalized spacial score (nSPS) is 15.8. The number of thiophene rings is 1. The molecule has 3 aromatic rings. The van der Waals surface area contributed by atoms with Crippen molar-refractivity contribution in [1.82, 2.24) is 4.90 Å². The molecule has 0 N–H and O–H groups in total. The Balaban J connectivity index is 0.000000172. The van der Waals surface area contributed by atoms with Crippen molar-refractivity contribution >= 4 is 33.5 Å². The van der Waals surface area contributed by atoms with E-state index in [-0.39, 0.29) is 0 Å². The number of hydrogen-bond acceptors (Lipinski definition) is 6. The van der Waals surface area contributed by atoms with Crippen LogP contribution in [0.1, 0.15) is 25.0 Å². The van der Waals surface area contributed by atoms with E-state index in [1.165, 1.54) is 16.9 Å². The maximum Gasteiger partial charge on any atom is 0.0778 e. The van der Waals surface area contributed by atoms with Crippen molar-refractivity contribution in [1.29, 1.82) is 0 Å². The third-order valence-electron chi connectivity index (χ3n) is 4.95. The molecular weight excluding hydrogens is 438 g/mol. The smallest absolute Gasteiger partial charge is 0.0778 e. The molecule has 8 heteroatoms. The van der Waals surface area contributed by atoms with Gasteiger partial charge in [0, 0.05) is 28.9 Å². The molecule has 5 nitrogen and oxygen atoms in total. The minimum atomic E-state index is -2.12. The molecule has 2 unspecified atom stereocenters. The molecule has 2 heterocycles. The van der Waals surface area contributed by atoms with Crippen LogP contribution in [0, 0.1) is 0 Å². The van der Waals surface area contributed by atoms with Crippen molar-refractivity contribution in [2.45, 2.75) is 42.0 Å². The predicted octanol–water partition coefficient (Wildman–Crippen LogP) is 4.34. The van der Waals surface area contributed by atoms with Crippen LogP contribution < -0.4 is 0 Å². The summed E-state index contributed by atoms with van der Waals surface area (Å²) in [4.78, 5) is 3.73. The lowest BCUT2D eigenvalue weighted by molar-refractivity contribution is 0.203. The average Bonchev–Trinajstić information content (AvgIpc) is 3.25. The Morgan fingerprint density at radius 2 is 1.67 bits per heavy atom. The van der Waals surface area contributed by atoms with E-state index in [1.807, 2.05) is 42.5 Å². The summed E-state index contributed by atoms with van der Waals surface area (Å²) in [7, 11) is 0. The summed E-state index contributed by atoms with van der Waals surface area (Å²) in [5, 5.41) is 0. The fourth-order valence-corrected chi connectivity index (χ4v) is 5.15. The summed E-state index contributed by atoms with van der Waals surface area (Å²) >= 11 is -2.95. The Morgan fingerprint density at radius 1 is 0.933 bits per heavy atom. The van der Waals surface area contributed by atoms with Crippen molar-refractivity contribution in [3.05, 3.63) is 71.8 Å². The van der Waals surface area contributed by atoms with Crippen LogP contribution in [0.25, 0.3) is 10.4 Å². The van der Waals surface area contributed by atoms with Gasteiger partial charge >= 0.3 is 0 Å². The zero-order valence-electron chi connectivity index (χ0n) is 16.8. The van der Waals surface area contributed by atoms with Crippen LogP contribution in [-0.4, -0.2) is 35.0 Å². The van der Waals surface area contributed by atoms with E-state index in [4.69, 9.17) is 0 Å². The molecule has 1 aromatic heterocycles. The molecule has 0 amide bonds. The molecule has 0 saturated carbocycles. The lowest BCUT2D eigenvalue weighted by Gasteiger charge is -2.32. The fourth-order valence-electron chi connectivity index (χ4n) is 3.27. The highest BCUT2D eigenvalue weighted by Crippen LogP contribution is 2.29. The largest absolute Gasteiger partial charge is 0.768 e. The minimum Gasteiger partial charge on any atom is -0.768 e. The Kier molecular flexibility index (Phi) is 8.10. The van der Waals surface area contributed by atoms with Gasteiger partial charge in [-0.2, -0.15) is 0 Å². The highest BCUT2D eigenvalue weighted by molar-refractivity contribution is 7.81. The summed E-state index contributed by atoms with van der Waals surface area (Å²) in [6, 6.07) is 19.1. The monoisotopic (exact) mass is 461 g/mol. The maximum absolute atomic E-state index is 10.9. The molecule has 0 bridgehead atoms. The van der Waals surface area contributed by atoms with Crippen molar-refractivity contribution < 1.29 is 17.5 Å². The maximum atomic E-state index is 10.9. The van der Waals surface area contributed by atoms with Crippen LogP contribution >= 0.6 is 11.3 Å². The summed E-state index contributed by atoms with van der Waals surface area (Å²) in [5.41, 5.74) is 3.49. The highest BCUT2D eigenvalue weighted by atomic mass is 32.2. The SMILES string of the molecule is CC(C)N1CCc2ccc(S(=O)[O-])cc2C1.O=S([O-])c1ccc(-c2ccccc2)s1. The van der Waals surface area contributed by atoms with Gasteiger partial charge in [0.15, 0.2) is 0 Å². The second-order valence-electron chi connectivity index (χ2n) is 7.20. The first-order valence-electron chi connectivity index (χ1n) is 9.55. The van der Waals surface area contributed by atoms with E-state index in [0.717, 1.165) is 35.5 Å². The van der Waals surface area contributed by atoms with Crippen LogP contribution in [0.2, 0.25) is 0 Å². The van der Waals surface area contributed by atoms with E-state index in [0.29, 0.717) is 15.1 Å². The van der Waals surface area contributed by atoms with Gasteiger partial charge in [0.1, 0.15) is 0 Å². The second kappa shape index (κ2) is 10.6. The molecule has 4 rings (SSSR count). The topological polar surface area (TPSA) is 83.5 Å². The van der Waals surface area contributed by atoms with Crippen molar-refractivity contribution in [3.63, 3.8) is 0 Å². The zero-order chi connectivity index (χ0) is 21.7. The number of fused-ring (bicyclic) bond motifs is 1. The van der Waals surface area contributed by atoms with Crippen LogP contribution in [0.4, 0.5) is 0 Å². The van der Waals surface area contributed by atoms with Gasteiger partial charge < -0.3 is 9.11 Å². The molecule has 0 saturated heterocycles. The van der Waals surface area contributed by atoms with Gasteiger partial charge in [0.25, 0.3) is 0 Å². The second-order valence-corrected chi connectivity index (χ2v) is 10.4. The first kappa shape index (κ1) is 23.0. The van der Waals surface area contributed by atoms with E-state index in [2.05, 4.69) is 18.7 Å². The summed E-state index contributed by atoms with van der Waals surface area (Å²) in [6.07, 6.45) is 1.01. The van der Waals surface area contributed by atoms with Gasteiger partial charge in [-0.25, -0.2) is 0 Å². The number of rotatable bonds is 4. The predicted molar refractivity (Wildman–Crippen MR) is 120 cm³/mol. The Bertz CT molecular complexity index is 1030. The number of nitrogens with zero attached hydrogens (tertiary/aromatic N) is 1. The summed E-state index contributed by atoms with van der Waals surface area (Å²) in [5.74, 6) is 0. The summed E-state index contributed by atoms with van der Waals surface area (Å²) < 4.78 is 43.5. The molecule has 2 aromatic carbocycles. The van der Waals surface area contributed by atoms with Gasteiger partial charge in [-0.05, 0) is 83.4 Å². The van der Waals surface area contributed by atoms with Crippen LogP contribution in [0.5, 0.6) is 0 Å². The van der Waals surface area contributed by atoms with E-state index in [9.17, 15) is 17.5 Å². The van der Waals surface area contributed by atoms with Crippen LogP contribution in [-0.2, 0) is 35.1 Å². The molecule has 1 aliphatic rings. The van der Waals surface area contributed by atoms with E-state index < -0.39 is 22.2 Å². The molecule has 0 fully saturated rings. The van der Waals surface area contributed by atoms with E-state index in [1.54, 1.807) is 18.2 Å². The average molecular weight is 462 g/mol. The Morgan fingerprint density at radius 3 is 2.27 bits per heavy atom. The molecule has 0 spiro atoms. The third kappa shape index (κ3) is 5.94. The highest BCUT2D eigenvalue weighted by Gasteiger charge is 2.18. The standard InChI is InChI=1S/C12H17NO2S.C10H8O2S2/c1-9(2)13-6-5-10-3-4-12(16(14)15)7-11(10)8-13;11-14(12)10-7-6-9(13-10)8-4-2-1-3-5-8/h3-4,7,9H,5-6,8H2,1-2H3,(H,14,15);1-7H,(H,11,12)/p-2. The molecular formula is C22H23NO4S3-2. The molecule has 1 aliphatic heterocycles. The first-order chi connectivity index (χ1) is 14.3. The molecule has 30 heavy (non-hydrogen) atoms. The quantitative estimate of drug-likeness (QED) is 0.540. The van der Waals surface area contributed by atoms with E-state index >= 15 is 0 Å². The minimum absolute atomic E-state index is 0.379. The van der Waals surface area contributed by atoms with Crippen LogP contribution in [0.3, 0.4) is 0 Å². The van der Waals surface area contributed by atoms with Gasteiger partial charge in [0.05, 0.1) is 4.21 Å². The van der Waals surface area contributed by atoms with Crippen molar-refractivity contribution in [2.24, 2.45) is 0 Å². The number of hydrogen-bond donors (Lipinski definition) is 0. The van der Waals surface area contributed by atoms with Gasteiger partial charge in [-0.3, -0.25) is 13.3 Å². The summed E-state index contributed by atoms with van der Waals surface area (Å²) in [6.45, 7) is 6.25. The fraction of sp³-hybridized carbons (Fsp3) is 0.273. The zero-order valence-corrected chi connectivity index (χ0v) is 19.2. The third-order valence-corrected chi connectivity index (χ3v) is 7.64.